The lowest BCUT2D eigenvalue weighted by atomic mass is 10.2. The molecular formula is C22H24N4O5S2. The first-order valence-corrected chi connectivity index (χ1v) is 11.8. The number of thioether (sulfide) groups is 1. The lowest BCUT2D eigenvalue weighted by molar-refractivity contribution is -0.119. The number of aryl methyl sites for hydroxylation is 1. The van der Waals surface area contributed by atoms with Crippen LogP contribution < -0.4 is 25.9 Å². The summed E-state index contributed by atoms with van der Waals surface area (Å²) < 4.78 is 11.8. The zero-order valence-electron chi connectivity index (χ0n) is 18.5. The van der Waals surface area contributed by atoms with Crippen LogP contribution in [0.1, 0.15) is 22.2 Å². The number of methoxy groups -OCH3 is 2. The van der Waals surface area contributed by atoms with Crippen molar-refractivity contribution in [2.75, 3.05) is 20.0 Å². The monoisotopic (exact) mass is 488 g/mol. The van der Waals surface area contributed by atoms with Crippen LogP contribution in [0.15, 0.2) is 46.9 Å². The molecule has 2 amide bonds. The van der Waals surface area contributed by atoms with Crippen LogP contribution in [-0.2, 0) is 17.8 Å². The van der Waals surface area contributed by atoms with Gasteiger partial charge in [-0.3, -0.25) is 29.8 Å². The van der Waals surface area contributed by atoms with Crippen LogP contribution in [0.3, 0.4) is 0 Å². The lowest BCUT2D eigenvalue weighted by Gasteiger charge is -2.11. The third-order valence-electron chi connectivity index (χ3n) is 4.62. The minimum Gasteiger partial charge on any atom is -0.493 e. The van der Waals surface area contributed by atoms with Gasteiger partial charge in [0, 0.05) is 17.0 Å². The Morgan fingerprint density at radius 2 is 1.97 bits per heavy atom. The molecule has 0 saturated carbocycles. The first-order chi connectivity index (χ1) is 15.9. The summed E-state index contributed by atoms with van der Waals surface area (Å²) in [6.07, 6.45) is 2.42. The molecule has 9 nitrogen and oxygen atoms in total. The van der Waals surface area contributed by atoms with Gasteiger partial charge in [0.15, 0.2) is 16.7 Å². The lowest BCUT2D eigenvalue weighted by Crippen LogP contribution is -2.42. The number of allylic oxidation sites excluding steroid dienone is 1. The molecule has 2 N–H and O–H groups in total. The van der Waals surface area contributed by atoms with Crippen LogP contribution in [-0.4, -0.2) is 41.3 Å². The minimum atomic E-state index is -0.511. The maximum Gasteiger partial charge on any atom is 0.269 e. The summed E-state index contributed by atoms with van der Waals surface area (Å²) in [5.74, 6) is -0.125. The van der Waals surface area contributed by atoms with Gasteiger partial charge in [-0.1, -0.05) is 24.8 Å². The van der Waals surface area contributed by atoms with Crippen LogP contribution in [0.4, 0.5) is 0 Å². The number of thiophene rings is 1. The Morgan fingerprint density at radius 1 is 1.21 bits per heavy atom. The zero-order chi connectivity index (χ0) is 24.0. The predicted octanol–water partition coefficient (Wildman–Crippen LogP) is 2.78. The average molecular weight is 489 g/mol. The number of rotatable bonds is 9. The molecule has 0 fully saturated rings. The third-order valence-corrected chi connectivity index (χ3v) is 6.77. The maximum absolute atomic E-state index is 12.9. The molecule has 0 unspecified atom stereocenters. The smallest absolute Gasteiger partial charge is 0.269 e. The summed E-state index contributed by atoms with van der Waals surface area (Å²) in [6.45, 7) is 5.99. The SMILES string of the molecule is C=CCn1c(SCC(=O)NNC(=O)c2ccc(OC)c(OC)c2)nc2sc(CC)cc2c1=O. The number of fused-ring (bicyclic) bond motifs is 1. The first-order valence-electron chi connectivity index (χ1n) is 9.99. The number of amides is 2. The van der Waals surface area contributed by atoms with E-state index in [0.29, 0.717) is 26.9 Å². The van der Waals surface area contributed by atoms with E-state index in [1.165, 1.54) is 36.2 Å². The van der Waals surface area contributed by atoms with Crippen molar-refractivity contribution in [3.8, 4) is 11.5 Å². The number of hydrogen-bond donors (Lipinski definition) is 2. The molecule has 0 aliphatic carbocycles. The minimum absolute atomic E-state index is 0.0483. The zero-order valence-corrected chi connectivity index (χ0v) is 20.1. The molecule has 174 valence electrons. The number of nitrogens with zero attached hydrogens (tertiary/aromatic N) is 2. The van der Waals surface area contributed by atoms with Crippen molar-refractivity contribution in [1.29, 1.82) is 0 Å². The number of hydrogen-bond acceptors (Lipinski definition) is 8. The van der Waals surface area contributed by atoms with Crippen LogP contribution in [0.25, 0.3) is 10.2 Å². The van der Waals surface area contributed by atoms with Crippen molar-refractivity contribution < 1.29 is 19.1 Å². The maximum atomic E-state index is 12.9. The highest BCUT2D eigenvalue weighted by molar-refractivity contribution is 7.99. The highest BCUT2D eigenvalue weighted by Gasteiger charge is 2.16. The molecule has 1 aromatic carbocycles. The second-order valence-electron chi connectivity index (χ2n) is 6.74. The Hall–Kier alpha value is -3.31. The summed E-state index contributed by atoms with van der Waals surface area (Å²) >= 11 is 2.57. The third kappa shape index (κ3) is 5.55. The van der Waals surface area contributed by atoms with Crippen molar-refractivity contribution in [3.63, 3.8) is 0 Å². The Bertz CT molecular complexity index is 1250. The molecule has 0 aliphatic rings. The standard InChI is InChI=1S/C22H24N4O5S2/c1-5-9-26-21(29)15-11-14(6-2)33-20(15)23-22(26)32-12-18(27)24-25-19(28)13-7-8-16(30-3)17(10-13)31-4/h5,7-8,10-11H,1,6,9,12H2,2-4H3,(H,24,27)(H,25,28). The molecule has 0 radical (unpaired) electrons. The number of benzene rings is 1. The molecule has 11 heteroatoms. The molecule has 3 aromatic rings. The Balaban J connectivity index is 1.67. The van der Waals surface area contributed by atoms with Crippen LogP contribution in [0.5, 0.6) is 11.5 Å². The second-order valence-corrected chi connectivity index (χ2v) is 8.80. The average Bonchev–Trinajstić information content (AvgIpc) is 3.26. The van der Waals surface area contributed by atoms with E-state index in [1.807, 2.05) is 13.0 Å². The van der Waals surface area contributed by atoms with E-state index in [-0.39, 0.29) is 23.4 Å². The summed E-state index contributed by atoms with van der Waals surface area (Å²) in [5, 5.41) is 0.980. The Morgan fingerprint density at radius 3 is 2.64 bits per heavy atom. The van der Waals surface area contributed by atoms with E-state index >= 15 is 0 Å². The van der Waals surface area contributed by atoms with Gasteiger partial charge in [-0.15, -0.1) is 17.9 Å². The summed E-state index contributed by atoms with van der Waals surface area (Å²) in [7, 11) is 2.97. The van der Waals surface area contributed by atoms with Gasteiger partial charge in [0.1, 0.15) is 4.83 Å². The number of carbonyl (C=O) groups excluding carboxylic acids is 2. The first kappa shape index (κ1) is 24.3. The van der Waals surface area contributed by atoms with Gasteiger partial charge < -0.3 is 9.47 Å². The number of hydrazine groups is 1. The van der Waals surface area contributed by atoms with Gasteiger partial charge in [0.05, 0.1) is 25.4 Å². The molecule has 3 rings (SSSR count). The van der Waals surface area contributed by atoms with E-state index in [9.17, 15) is 14.4 Å². The van der Waals surface area contributed by atoms with Crippen LogP contribution in [0, 0.1) is 0 Å². The Kier molecular flexibility index (Phi) is 8.12. The van der Waals surface area contributed by atoms with E-state index < -0.39 is 11.8 Å². The number of ether oxygens (including phenoxy) is 2. The van der Waals surface area contributed by atoms with Crippen molar-refractivity contribution in [2.24, 2.45) is 0 Å². The van der Waals surface area contributed by atoms with Gasteiger partial charge in [-0.05, 0) is 30.7 Å². The van der Waals surface area contributed by atoms with Gasteiger partial charge in [-0.25, -0.2) is 4.98 Å². The van der Waals surface area contributed by atoms with Crippen LogP contribution >= 0.6 is 23.1 Å². The predicted molar refractivity (Wildman–Crippen MR) is 129 cm³/mol. The fourth-order valence-corrected chi connectivity index (χ4v) is 4.78. The molecule has 0 aliphatic heterocycles. The van der Waals surface area contributed by atoms with Gasteiger partial charge in [0.2, 0.25) is 5.91 Å². The fraction of sp³-hybridized carbons (Fsp3) is 0.273. The number of aromatic nitrogens is 2. The van der Waals surface area contributed by atoms with E-state index in [1.54, 1.807) is 18.2 Å². The quantitative estimate of drug-likeness (QED) is 0.206. The summed E-state index contributed by atoms with van der Waals surface area (Å²) in [4.78, 5) is 43.8. The van der Waals surface area contributed by atoms with Gasteiger partial charge in [-0.2, -0.15) is 0 Å². The van der Waals surface area contributed by atoms with E-state index in [0.717, 1.165) is 23.1 Å². The van der Waals surface area contributed by atoms with Crippen molar-refractivity contribution in [3.05, 3.63) is 57.7 Å². The molecule has 0 spiro atoms. The van der Waals surface area contributed by atoms with Gasteiger partial charge in [0.25, 0.3) is 11.5 Å². The van der Waals surface area contributed by atoms with E-state index in [2.05, 4.69) is 22.4 Å². The van der Waals surface area contributed by atoms with Crippen molar-refractivity contribution in [2.45, 2.75) is 25.0 Å². The van der Waals surface area contributed by atoms with Crippen LogP contribution in [0.2, 0.25) is 0 Å². The molecule has 2 heterocycles. The largest absolute Gasteiger partial charge is 0.493 e. The van der Waals surface area contributed by atoms with Crippen molar-refractivity contribution in [1.82, 2.24) is 20.4 Å². The molecule has 0 atom stereocenters. The molecule has 33 heavy (non-hydrogen) atoms. The molecule has 0 saturated heterocycles. The Labute approximate surface area is 198 Å². The highest BCUT2D eigenvalue weighted by atomic mass is 32.2. The highest BCUT2D eigenvalue weighted by Crippen LogP contribution is 2.27. The molecule has 2 aromatic heterocycles. The topological polar surface area (TPSA) is 112 Å². The van der Waals surface area contributed by atoms with Crippen molar-refractivity contribution >= 4 is 45.1 Å². The molecule has 0 bridgehead atoms. The second kappa shape index (κ2) is 11.0. The van der Waals surface area contributed by atoms with E-state index in [4.69, 9.17) is 9.47 Å². The summed E-state index contributed by atoms with van der Waals surface area (Å²) in [6, 6.07) is 6.52. The number of nitrogens with one attached hydrogen (secondary N) is 2. The van der Waals surface area contributed by atoms with Gasteiger partial charge >= 0.3 is 0 Å². The number of carbonyl (C=O) groups is 2. The summed E-state index contributed by atoms with van der Waals surface area (Å²) in [5.41, 5.74) is 4.86. The molecular weight excluding hydrogens is 464 g/mol. The normalized spacial score (nSPS) is 10.6. The fourth-order valence-electron chi connectivity index (χ4n) is 2.96.